The molecule has 92 valence electrons. The molecule has 5 nitrogen and oxygen atoms in total. The van der Waals surface area contributed by atoms with Gasteiger partial charge in [0.25, 0.3) is 5.91 Å². The van der Waals surface area contributed by atoms with E-state index in [1.54, 1.807) is 7.05 Å². The summed E-state index contributed by atoms with van der Waals surface area (Å²) in [6, 6.07) is 5.57. The Labute approximate surface area is 102 Å². The molecule has 18 heavy (non-hydrogen) atoms. The molecule has 2 aromatic heterocycles. The lowest BCUT2D eigenvalue weighted by Gasteiger charge is -2.06. The van der Waals surface area contributed by atoms with Crippen molar-refractivity contribution in [2.75, 3.05) is 5.32 Å². The zero-order valence-electron chi connectivity index (χ0n) is 9.55. The van der Waals surface area contributed by atoms with Gasteiger partial charge in [0, 0.05) is 25.5 Å². The van der Waals surface area contributed by atoms with Gasteiger partial charge in [0.05, 0.1) is 11.3 Å². The number of anilines is 1. The summed E-state index contributed by atoms with van der Waals surface area (Å²) in [5, 5.41) is 2.49. The molecular weight excluding hydrogens is 237 g/mol. The Kier molecular flexibility index (Phi) is 3.18. The Morgan fingerprint density at radius 3 is 2.83 bits per heavy atom. The van der Waals surface area contributed by atoms with Gasteiger partial charge in [0.1, 0.15) is 0 Å². The van der Waals surface area contributed by atoms with Gasteiger partial charge in [-0.15, -0.1) is 0 Å². The second-order valence-corrected chi connectivity index (χ2v) is 3.66. The molecular formula is C12H10FN3O2. The van der Waals surface area contributed by atoms with E-state index in [1.165, 1.54) is 41.2 Å². The first kappa shape index (κ1) is 12.0. The fourth-order valence-electron chi connectivity index (χ4n) is 1.42. The maximum Gasteiger partial charge on any atom is 0.260 e. The number of aromatic nitrogens is 2. The third-order valence-corrected chi connectivity index (χ3v) is 2.35. The molecule has 0 aromatic carbocycles. The summed E-state index contributed by atoms with van der Waals surface area (Å²) in [4.78, 5) is 26.3. The molecule has 0 aliphatic carbocycles. The fraction of sp³-hybridized carbons (Fsp3) is 0.0833. The molecule has 2 aromatic rings. The smallest absolute Gasteiger partial charge is 0.260 e. The number of nitrogens with one attached hydrogen (secondary N) is 1. The summed E-state index contributed by atoms with van der Waals surface area (Å²) < 4.78 is 14.6. The summed E-state index contributed by atoms with van der Waals surface area (Å²) in [6.45, 7) is 0. The largest absolute Gasteiger partial charge is 0.321 e. The maximum absolute atomic E-state index is 13.3. The number of amides is 1. The van der Waals surface area contributed by atoms with Crippen molar-refractivity contribution in [3.05, 3.63) is 58.5 Å². The van der Waals surface area contributed by atoms with Crippen molar-refractivity contribution in [1.82, 2.24) is 9.55 Å². The number of hydrogen-bond donors (Lipinski definition) is 1. The lowest BCUT2D eigenvalue weighted by atomic mass is 10.2. The molecule has 1 amide bonds. The molecule has 0 atom stereocenters. The Morgan fingerprint density at radius 2 is 2.17 bits per heavy atom. The first-order valence-corrected chi connectivity index (χ1v) is 5.16. The number of rotatable bonds is 2. The van der Waals surface area contributed by atoms with E-state index in [-0.39, 0.29) is 11.1 Å². The monoisotopic (exact) mass is 247 g/mol. The quantitative estimate of drug-likeness (QED) is 0.810. The van der Waals surface area contributed by atoms with Crippen molar-refractivity contribution in [1.29, 1.82) is 0 Å². The first-order chi connectivity index (χ1) is 8.58. The highest BCUT2D eigenvalue weighted by Crippen LogP contribution is 2.08. The molecule has 0 aliphatic rings. The van der Waals surface area contributed by atoms with E-state index in [0.29, 0.717) is 5.69 Å². The van der Waals surface area contributed by atoms with Gasteiger partial charge in [0.15, 0.2) is 0 Å². The van der Waals surface area contributed by atoms with Crippen LogP contribution in [0.5, 0.6) is 0 Å². The van der Waals surface area contributed by atoms with Gasteiger partial charge >= 0.3 is 0 Å². The highest BCUT2D eigenvalue weighted by atomic mass is 19.1. The van der Waals surface area contributed by atoms with Crippen LogP contribution in [0.1, 0.15) is 10.4 Å². The van der Waals surface area contributed by atoms with Gasteiger partial charge in [-0.2, -0.15) is 4.39 Å². The van der Waals surface area contributed by atoms with E-state index in [9.17, 15) is 14.0 Å². The summed E-state index contributed by atoms with van der Waals surface area (Å²) in [5.74, 6) is -1.45. The van der Waals surface area contributed by atoms with Crippen LogP contribution in [0.4, 0.5) is 10.1 Å². The molecule has 2 rings (SSSR count). The van der Waals surface area contributed by atoms with E-state index < -0.39 is 11.9 Å². The van der Waals surface area contributed by atoms with E-state index in [1.807, 2.05) is 0 Å². The number of aryl methyl sites for hydroxylation is 1. The molecule has 0 unspecified atom stereocenters. The molecule has 2 heterocycles. The highest BCUT2D eigenvalue weighted by Gasteiger charge is 2.12. The fourth-order valence-corrected chi connectivity index (χ4v) is 1.42. The van der Waals surface area contributed by atoms with E-state index in [0.717, 1.165) is 0 Å². The molecule has 0 radical (unpaired) electrons. The minimum atomic E-state index is -0.833. The molecule has 0 saturated carbocycles. The lowest BCUT2D eigenvalue weighted by Crippen LogP contribution is -2.18. The van der Waals surface area contributed by atoms with E-state index in [4.69, 9.17) is 0 Å². The van der Waals surface area contributed by atoms with Crippen molar-refractivity contribution < 1.29 is 9.18 Å². The number of hydrogen-bond acceptors (Lipinski definition) is 3. The third-order valence-electron chi connectivity index (χ3n) is 2.35. The van der Waals surface area contributed by atoms with Crippen LogP contribution in [-0.4, -0.2) is 15.5 Å². The summed E-state index contributed by atoms with van der Waals surface area (Å²) in [6.07, 6.45) is 2.72. The minimum Gasteiger partial charge on any atom is -0.321 e. The average molecular weight is 247 g/mol. The number of carbonyl (C=O) groups is 1. The second kappa shape index (κ2) is 4.79. The molecule has 0 aliphatic heterocycles. The van der Waals surface area contributed by atoms with Crippen LogP contribution in [0.3, 0.4) is 0 Å². The average Bonchev–Trinajstić information content (AvgIpc) is 2.34. The van der Waals surface area contributed by atoms with Crippen molar-refractivity contribution in [3.8, 4) is 0 Å². The SMILES string of the molecule is Cn1cc(NC(=O)c2cccnc2F)ccc1=O. The normalized spacial score (nSPS) is 10.1. The van der Waals surface area contributed by atoms with Gasteiger partial charge < -0.3 is 9.88 Å². The Hall–Kier alpha value is -2.50. The third kappa shape index (κ3) is 2.42. The van der Waals surface area contributed by atoms with Crippen LogP contribution in [0.25, 0.3) is 0 Å². The molecule has 6 heteroatoms. The predicted octanol–water partition coefficient (Wildman–Crippen LogP) is 1.17. The van der Waals surface area contributed by atoms with Gasteiger partial charge in [-0.25, -0.2) is 4.98 Å². The van der Waals surface area contributed by atoms with Crippen LogP contribution < -0.4 is 10.9 Å². The molecule has 1 N–H and O–H groups in total. The molecule has 0 spiro atoms. The van der Waals surface area contributed by atoms with Crippen molar-refractivity contribution in [3.63, 3.8) is 0 Å². The minimum absolute atomic E-state index is 0.147. The van der Waals surface area contributed by atoms with Crippen LogP contribution in [0.2, 0.25) is 0 Å². The zero-order valence-corrected chi connectivity index (χ0v) is 9.55. The number of carbonyl (C=O) groups excluding carboxylic acids is 1. The number of nitrogens with zero attached hydrogens (tertiary/aromatic N) is 2. The lowest BCUT2D eigenvalue weighted by molar-refractivity contribution is 0.102. The Balaban J connectivity index is 2.24. The number of pyridine rings is 2. The molecule has 0 fully saturated rings. The molecule has 0 saturated heterocycles. The number of halogens is 1. The zero-order chi connectivity index (χ0) is 13.1. The van der Waals surface area contributed by atoms with E-state index >= 15 is 0 Å². The maximum atomic E-state index is 13.3. The van der Waals surface area contributed by atoms with E-state index in [2.05, 4.69) is 10.3 Å². The highest BCUT2D eigenvalue weighted by molar-refractivity contribution is 6.04. The predicted molar refractivity (Wildman–Crippen MR) is 63.8 cm³/mol. The topological polar surface area (TPSA) is 64.0 Å². The second-order valence-electron chi connectivity index (χ2n) is 3.66. The van der Waals surface area contributed by atoms with Crippen molar-refractivity contribution >= 4 is 11.6 Å². The van der Waals surface area contributed by atoms with Gasteiger partial charge in [-0.1, -0.05) is 0 Å². The van der Waals surface area contributed by atoms with Crippen LogP contribution in [0.15, 0.2) is 41.5 Å². The summed E-state index contributed by atoms with van der Waals surface area (Å²) in [5.41, 5.74) is 0.0669. The Morgan fingerprint density at radius 1 is 1.39 bits per heavy atom. The van der Waals surface area contributed by atoms with Crippen molar-refractivity contribution in [2.24, 2.45) is 7.05 Å². The standard InChI is InChI=1S/C12H10FN3O2/c1-16-7-8(4-5-10(16)17)15-12(18)9-3-2-6-14-11(9)13/h2-7H,1H3,(H,15,18). The van der Waals surface area contributed by atoms with Crippen LogP contribution >= 0.6 is 0 Å². The van der Waals surface area contributed by atoms with Crippen LogP contribution in [0, 0.1) is 5.95 Å². The van der Waals surface area contributed by atoms with Gasteiger partial charge in [-0.3, -0.25) is 9.59 Å². The summed E-state index contributed by atoms with van der Waals surface area (Å²) >= 11 is 0. The van der Waals surface area contributed by atoms with Crippen molar-refractivity contribution in [2.45, 2.75) is 0 Å². The first-order valence-electron chi connectivity index (χ1n) is 5.16. The summed E-state index contributed by atoms with van der Waals surface area (Å²) in [7, 11) is 1.56. The Bertz CT molecular complexity index is 652. The van der Waals surface area contributed by atoms with Gasteiger partial charge in [0.2, 0.25) is 11.5 Å². The molecule has 0 bridgehead atoms. The van der Waals surface area contributed by atoms with Crippen LogP contribution in [-0.2, 0) is 7.05 Å². The van der Waals surface area contributed by atoms with Gasteiger partial charge in [-0.05, 0) is 18.2 Å².